The number of fused-ring (bicyclic) bond motifs is 8. The van der Waals surface area contributed by atoms with Crippen molar-refractivity contribution in [1.29, 1.82) is 0 Å². The summed E-state index contributed by atoms with van der Waals surface area (Å²) in [6.45, 7) is 0. The minimum atomic E-state index is -0.653. The molecule has 0 aliphatic carbocycles. The van der Waals surface area contributed by atoms with Crippen LogP contribution < -0.4 is 4.90 Å². The minimum absolute atomic E-state index is 0.173. The predicted octanol–water partition coefficient (Wildman–Crippen LogP) is 11.8. The second-order valence-electron chi connectivity index (χ2n) is 10.1. The molecule has 0 N–H and O–H groups in total. The molecule has 0 saturated heterocycles. The number of anilines is 3. The lowest BCUT2D eigenvalue weighted by atomic mass is 9.98. The highest BCUT2D eigenvalue weighted by Gasteiger charge is 2.16. The van der Waals surface area contributed by atoms with Crippen LogP contribution in [0, 0.1) is 0 Å². The van der Waals surface area contributed by atoms with Crippen molar-refractivity contribution in [3.63, 3.8) is 0 Å². The Morgan fingerprint density at radius 1 is 0.465 bits per heavy atom. The molecule has 0 radical (unpaired) electrons. The first kappa shape index (κ1) is 14.9. The summed E-state index contributed by atoms with van der Waals surface area (Å²) in [7, 11) is 0. The fourth-order valence-electron chi connectivity index (χ4n) is 5.66. The molecule has 9 aromatic rings. The van der Waals surface area contributed by atoms with Crippen LogP contribution in [-0.2, 0) is 0 Å². The molecule has 7 aromatic carbocycles. The molecule has 43 heavy (non-hydrogen) atoms. The molecular formula is C40H25NO2. The van der Waals surface area contributed by atoms with E-state index in [1.54, 1.807) is 24.3 Å². The summed E-state index contributed by atoms with van der Waals surface area (Å²) >= 11 is 0. The first-order chi connectivity index (χ1) is 26.3. The summed E-state index contributed by atoms with van der Waals surface area (Å²) in [5.41, 5.74) is 1.99. The van der Waals surface area contributed by atoms with E-state index in [2.05, 4.69) is 6.07 Å². The van der Waals surface area contributed by atoms with E-state index in [4.69, 9.17) is 23.9 Å². The first-order valence-electron chi connectivity index (χ1n) is 19.5. The Labute approximate surface area is 264 Å². The number of rotatable bonds is 4. The monoisotopic (exact) mass is 563 g/mol. The molecule has 2 heterocycles. The number of hydrogen-bond donors (Lipinski definition) is 0. The molecule has 0 aliphatic heterocycles. The van der Waals surface area contributed by atoms with Gasteiger partial charge in [0.2, 0.25) is 0 Å². The van der Waals surface area contributed by atoms with Gasteiger partial charge in [-0.3, -0.25) is 0 Å². The van der Waals surface area contributed by atoms with Crippen molar-refractivity contribution in [3.05, 3.63) is 151 Å². The molecule has 0 spiro atoms. The van der Waals surface area contributed by atoms with Gasteiger partial charge < -0.3 is 13.7 Å². The van der Waals surface area contributed by atoms with Gasteiger partial charge in [0.1, 0.15) is 22.3 Å². The summed E-state index contributed by atoms with van der Waals surface area (Å²) < 4.78 is 116. The van der Waals surface area contributed by atoms with E-state index in [1.807, 2.05) is 48.5 Å². The third-order valence-electron chi connectivity index (χ3n) is 7.62. The highest BCUT2D eigenvalue weighted by Crippen LogP contribution is 2.40. The van der Waals surface area contributed by atoms with Gasteiger partial charge in [-0.15, -0.1) is 0 Å². The van der Waals surface area contributed by atoms with Crippen molar-refractivity contribution < 1.29 is 25.3 Å². The van der Waals surface area contributed by atoms with Crippen molar-refractivity contribution in [1.82, 2.24) is 0 Å². The second kappa shape index (κ2) is 9.37. The molecule has 0 atom stereocenters. The number of hydrogen-bond acceptors (Lipinski definition) is 3. The Bertz CT molecular complexity index is 3110. The quantitative estimate of drug-likeness (QED) is 0.213. The van der Waals surface area contributed by atoms with Crippen molar-refractivity contribution in [2.45, 2.75) is 0 Å². The zero-order valence-electron chi connectivity index (χ0n) is 34.3. The molecule has 3 nitrogen and oxygen atoms in total. The third-order valence-corrected chi connectivity index (χ3v) is 7.62. The fraction of sp³-hybridized carbons (Fsp3) is 0. The van der Waals surface area contributed by atoms with Crippen molar-refractivity contribution >= 4 is 71.7 Å². The lowest BCUT2D eigenvalue weighted by molar-refractivity contribution is 0.668. The Balaban J connectivity index is 1.29. The summed E-state index contributed by atoms with van der Waals surface area (Å²) in [6, 6.07) is 17.5. The van der Waals surface area contributed by atoms with E-state index >= 15 is 0 Å². The molecule has 9 rings (SSSR count). The van der Waals surface area contributed by atoms with Crippen LogP contribution in [0.5, 0.6) is 0 Å². The Morgan fingerprint density at radius 2 is 1.21 bits per heavy atom. The minimum Gasteiger partial charge on any atom is -0.456 e. The molecule has 202 valence electrons. The number of benzene rings is 7. The highest BCUT2D eigenvalue weighted by molar-refractivity contribution is 6.19. The Morgan fingerprint density at radius 3 is 2.12 bits per heavy atom. The van der Waals surface area contributed by atoms with Gasteiger partial charge in [0.25, 0.3) is 0 Å². The van der Waals surface area contributed by atoms with Crippen LogP contribution >= 0.6 is 0 Å². The maximum Gasteiger partial charge on any atom is 0.136 e. The SMILES string of the molecule is [2H]c1c([2H])c([2H])c(N(c2ccc(-c3ccc4ccc5oc6ccccc6c5c4c3)cc2)c2c([2H])c([2H])c3oc4c([2H])c([2H])c([2H])c([2H])c4c3c2[2H])c([2H])c1[2H]. The lowest BCUT2D eigenvalue weighted by Gasteiger charge is -2.25. The van der Waals surface area contributed by atoms with Crippen LogP contribution in [0.4, 0.5) is 17.1 Å². The predicted molar refractivity (Wildman–Crippen MR) is 179 cm³/mol. The second-order valence-corrected chi connectivity index (χ2v) is 10.1. The molecule has 0 unspecified atom stereocenters. The molecule has 3 heteroatoms. The van der Waals surface area contributed by atoms with E-state index in [9.17, 15) is 1.37 Å². The summed E-state index contributed by atoms with van der Waals surface area (Å²) in [4.78, 5) is 1.16. The number of furan rings is 2. The molecule has 0 fully saturated rings. The van der Waals surface area contributed by atoms with Gasteiger partial charge in [0, 0.05) is 38.6 Å². The number of nitrogens with zero attached hydrogens (tertiary/aromatic N) is 1. The number of para-hydroxylation sites is 3. The van der Waals surface area contributed by atoms with Gasteiger partial charge in [0.15, 0.2) is 0 Å². The van der Waals surface area contributed by atoms with E-state index in [-0.39, 0.29) is 39.0 Å². The van der Waals surface area contributed by atoms with Gasteiger partial charge in [-0.2, -0.15) is 0 Å². The average Bonchev–Trinajstić information content (AvgIpc) is 3.79. The van der Waals surface area contributed by atoms with Crippen molar-refractivity contribution in [2.24, 2.45) is 0 Å². The van der Waals surface area contributed by atoms with Crippen molar-refractivity contribution in [3.8, 4) is 11.1 Å². The van der Waals surface area contributed by atoms with E-state index in [0.29, 0.717) is 0 Å². The summed E-state index contributed by atoms with van der Waals surface area (Å²) in [5, 5.41) is 3.59. The standard InChI is InChI=1S/C40H25NO2/c1-2-8-29(9-3-1)41(31-21-23-38-35(25-31)32-10-4-6-12-36(32)42-38)30-19-16-26(17-20-30)28-15-14-27-18-22-39-40(34(27)24-28)33-11-5-7-13-37(33)43-39/h1-25H/i1D,2D,3D,4D,6D,8D,9D,10D,12D,21D,23D,25D. The maximum atomic E-state index is 9.43. The topological polar surface area (TPSA) is 29.5 Å². The summed E-state index contributed by atoms with van der Waals surface area (Å²) in [5.74, 6) is 0. The van der Waals surface area contributed by atoms with Gasteiger partial charge >= 0.3 is 0 Å². The largest absolute Gasteiger partial charge is 0.456 e. The van der Waals surface area contributed by atoms with Crippen LogP contribution in [0.2, 0.25) is 0 Å². The van der Waals surface area contributed by atoms with Gasteiger partial charge in [0.05, 0.1) is 16.4 Å². The zero-order valence-corrected chi connectivity index (χ0v) is 22.3. The van der Waals surface area contributed by atoms with Crippen LogP contribution in [-0.4, -0.2) is 0 Å². The van der Waals surface area contributed by atoms with E-state index < -0.39 is 72.5 Å². The normalized spacial score (nSPS) is 15.6. The highest BCUT2D eigenvalue weighted by atomic mass is 16.3. The van der Waals surface area contributed by atoms with Gasteiger partial charge in [-0.05, 0) is 88.5 Å². The first-order valence-corrected chi connectivity index (χ1v) is 13.5. The van der Waals surface area contributed by atoms with E-state index in [1.165, 1.54) is 0 Å². The van der Waals surface area contributed by atoms with Crippen molar-refractivity contribution in [2.75, 3.05) is 4.90 Å². The molecular weight excluding hydrogens is 526 g/mol. The van der Waals surface area contributed by atoms with Gasteiger partial charge in [-0.1, -0.05) is 84.8 Å². The molecule has 0 amide bonds. The fourth-order valence-corrected chi connectivity index (χ4v) is 5.66. The molecule has 2 aromatic heterocycles. The van der Waals surface area contributed by atoms with Crippen LogP contribution in [0.25, 0.3) is 65.8 Å². The maximum absolute atomic E-state index is 9.43. The lowest BCUT2D eigenvalue weighted by Crippen LogP contribution is -2.09. The Hall–Kier alpha value is -5.80. The van der Waals surface area contributed by atoms with Gasteiger partial charge in [-0.25, -0.2) is 0 Å². The molecule has 0 saturated carbocycles. The van der Waals surface area contributed by atoms with Crippen LogP contribution in [0.3, 0.4) is 0 Å². The Kier molecular flexibility index (Phi) is 3.25. The zero-order chi connectivity index (χ0) is 38.8. The summed E-state index contributed by atoms with van der Waals surface area (Å²) in [6.07, 6.45) is 0. The molecule has 0 aliphatic rings. The molecule has 0 bridgehead atoms. The third kappa shape index (κ3) is 3.83. The average molecular weight is 564 g/mol. The van der Waals surface area contributed by atoms with E-state index in [0.717, 1.165) is 48.7 Å². The van der Waals surface area contributed by atoms with Crippen LogP contribution in [0.1, 0.15) is 16.4 Å². The van der Waals surface area contributed by atoms with Crippen LogP contribution in [0.15, 0.2) is 160 Å². The smallest absolute Gasteiger partial charge is 0.136 e.